The number of pyridine rings is 1. The molecule has 0 saturated heterocycles. The zero-order valence-corrected chi connectivity index (χ0v) is 12.3. The van der Waals surface area contributed by atoms with E-state index >= 15 is 0 Å². The summed E-state index contributed by atoms with van der Waals surface area (Å²) in [5, 5.41) is 0.437. The van der Waals surface area contributed by atoms with Gasteiger partial charge in [0.1, 0.15) is 0 Å². The Balaban J connectivity index is 2.39. The van der Waals surface area contributed by atoms with E-state index < -0.39 is 20.3 Å². The summed E-state index contributed by atoms with van der Waals surface area (Å²) in [5.41, 5.74) is -0.220. The van der Waals surface area contributed by atoms with Crippen molar-refractivity contribution in [3.05, 3.63) is 70.0 Å². The topological polar surface area (TPSA) is 67.0 Å². The molecular formula is C15H10ClNO3S. The second kappa shape index (κ2) is 5.02. The van der Waals surface area contributed by atoms with E-state index in [-0.39, 0.29) is 9.92 Å². The third-order valence-corrected chi connectivity index (χ3v) is 5.46. The number of nitrogens with one attached hydrogen (secondary N) is 1. The smallest absolute Gasteiger partial charge is 0.269 e. The summed E-state index contributed by atoms with van der Waals surface area (Å²) < 4.78 is 25.2. The summed E-state index contributed by atoms with van der Waals surface area (Å²) in [4.78, 5) is 14.3. The maximum absolute atomic E-state index is 12.6. The molecule has 0 aliphatic carbocycles. The number of hydrogen-bond donors (Lipinski definition) is 1. The lowest BCUT2D eigenvalue weighted by molar-refractivity contribution is 0.595. The molecule has 0 atom stereocenters. The van der Waals surface area contributed by atoms with Crippen molar-refractivity contribution in [1.29, 1.82) is 0 Å². The molecule has 0 amide bonds. The van der Waals surface area contributed by atoms with Gasteiger partial charge in [-0.2, -0.15) is 0 Å². The van der Waals surface area contributed by atoms with Crippen molar-refractivity contribution in [3.8, 4) is 0 Å². The third kappa shape index (κ3) is 2.24. The second-order valence-electron chi connectivity index (χ2n) is 4.46. The minimum absolute atomic E-state index is 0.0349. The predicted molar refractivity (Wildman–Crippen MR) is 81.5 cm³/mol. The summed E-state index contributed by atoms with van der Waals surface area (Å²) in [5.74, 6) is 0. The first-order chi connectivity index (χ1) is 10.0. The van der Waals surface area contributed by atoms with Crippen LogP contribution < -0.4 is 5.56 Å². The summed E-state index contributed by atoms with van der Waals surface area (Å²) in [6, 6.07) is 14.5. The largest absolute Gasteiger partial charge is 0.321 e. The first-order valence-corrected chi connectivity index (χ1v) is 7.98. The van der Waals surface area contributed by atoms with Crippen LogP contribution in [0, 0.1) is 0 Å². The van der Waals surface area contributed by atoms with Crippen molar-refractivity contribution in [1.82, 2.24) is 4.98 Å². The quantitative estimate of drug-likeness (QED) is 0.789. The van der Waals surface area contributed by atoms with E-state index in [1.54, 1.807) is 42.5 Å². The van der Waals surface area contributed by atoms with Gasteiger partial charge in [-0.15, -0.1) is 0 Å². The van der Waals surface area contributed by atoms with Crippen LogP contribution in [0.3, 0.4) is 0 Å². The molecule has 1 heterocycles. The van der Waals surface area contributed by atoms with Gasteiger partial charge < -0.3 is 4.98 Å². The highest BCUT2D eigenvalue weighted by Gasteiger charge is 2.26. The number of aromatic amines is 1. The van der Waals surface area contributed by atoms with Gasteiger partial charge >= 0.3 is 0 Å². The molecule has 0 saturated carbocycles. The van der Waals surface area contributed by atoms with Crippen molar-refractivity contribution in [2.24, 2.45) is 0 Å². The molecule has 2 aromatic carbocycles. The molecular weight excluding hydrogens is 310 g/mol. The van der Waals surface area contributed by atoms with Gasteiger partial charge in [0.25, 0.3) is 5.56 Å². The number of hydrogen-bond acceptors (Lipinski definition) is 3. The molecule has 6 heteroatoms. The molecule has 0 unspecified atom stereocenters. The Morgan fingerprint density at radius 3 is 2.24 bits per heavy atom. The third-order valence-electron chi connectivity index (χ3n) is 3.14. The monoisotopic (exact) mass is 319 g/mol. The number of fused-ring (bicyclic) bond motifs is 1. The summed E-state index contributed by atoms with van der Waals surface area (Å²) in [6.07, 6.45) is 0. The Morgan fingerprint density at radius 2 is 1.52 bits per heavy atom. The highest BCUT2D eigenvalue weighted by atomic mass is 35.5. The van der Waals surface area contributed by atoms with Gasteiger partial charge in [-0.25, -0.2) is 8.42 Å². The molecule has 4 nitrogen and oxygen atoms in total. The van der Waals surface area contributed by atoms with Gasteiger partial charge in [0.15, 0.2) is 4.90 Å². The molecule has 21 heavy (non-hydrogen) atoms. The molecule has 0 aliphatic heterocycles. The summed E-state index contributed by atoms with van der Waals surface area (Å²) >= 11 is 6.18. The number of benzene rings is 2. The maximum Gasteiger partial charge on any atom is 0.269 e. The fraction of sp³-hybridized carbons (Fsp3) is 0. The van der Waals surface area contributed by atoms with Gasteiger partial charge in [-0.05, 0) is 18.2 Å². The Hall–Kier alpha value is -2.11. The van der Waals surface area contributed by atoms with Crippen LogP contribution in [0.5, 0.6) is 0 Å². The van der Waals surface area contributed by atoms with E-state index in [2.05, 4.69) is 4.98 Å². The van der Waals surface area contributed by atoms with Gasteiger partial charge in [0, 0.05) is 10.9 Å². The zero-order valence-electron chi connectivity index (χ0n) is 10.7. The molecule has 106 valence electrons. The Kier molecular flexibility index (Phi) is 3.31. The number of sulfone groups is 1. The van der Waals surface area contributed by atoms with E-state index in [1.807, 2.05) is 0 Å². The van der Waals surface area contributed by atoms with Crippen molar-refractivity contribution >= 4 is 32.3 Å². The predicted octanol–water partition coefficient (Wildman–Crippen LogP) is 3.01. The minimum atomic E-state index is -3.97. The maximum atomic E-state index is 12.6. The van der Waals surface area contributed by atoms with E-state index in [0.717, 1.165) is 0 Å². The minimum Gasteiger partial charge on any atom is -0.321 e. The summed E-state index contributed by atoms with van der Waals surface area (Å²) in [7, 11) is -3.97. The zero-order chi connectivity index (χ0) is 15.0. The first-order valence-electron chi connectivity index (χ1n) is 6.12. The van der Waals surface area contributed by atoms with Crippen molar-refractivity contribution in [3.63, 3.8) is 0 Å². The fourth-order valence-corrected chi connectivity index (χ4v) is 4.09. The highest BCUT2D eigenvalue weighted by molar-refractivity contribution is 7.91. The van der Waals surface area contributed by atoms with Crippen LogP contribution in [0.15, 0.2) is 69.2 Å². The molecule has 0 bridgehead atoms. The van der Waals surface area contributed by atoms with Gasteiger partial charge in [0.05, 0.1) is 9.92 Å². The van der Waals surface area contributed by atoms with E-state index in [4.69, 9.17) is 11.6 Å². The molecule has 0 fully saturated rings. The number of aromatic nitrogens is 1. The van der Waals surface area contributed by atoms with E-state index in [0.29, 0.717) is 10.9 Å². The van der Waals surface area contributed by atoms with Crippen molar-refractivity contribution in [2.75, 3.05) is 0 Å². The molecule has 3 rings (SSSR count). The van der Waals surface area contributed by atoms with E-state index in [1.165, 1.54) is 12.1 Å². The van der Waals surface area contributed by atoms with Crippen LogP contribution >= 0.6 is 11.6 Å². The van der Waals surface area contributed by atoms with Crippen LogP contribution in [-0.4, -0.2) is 13.4 Å². The van der Waals surface area contributed by atoms with Gasteiger partial charge in [0.2, 0.25) is 9.84 Å². The Morgan fingerprint density at radius 1 is 0.905 bits per heavy atom. The lowest BCUT2D eigenvalue weighted by Crippen LogP contribution is -2.18. The van der Waals surface area contributed by atoms with Crippen LogP contribution in [0.1, 0.15) is 0 Å². The van der Waals surface area contributed by atoms with Crippen molar-refractivity contribution in [2.45, 2.75) is 9.79 Å². The number of para-hydroxylation sites is 1. The Bertz CT molecular complexity index is 979. The van der Waals surface area contributed by atoms with Crippen molar-refractivity contribution < 1.29 is 8.42 Å². The van der Waals surface area contributed by atoms with Gasteiger partial charge in [-0.3, -0.25) is 4.79 Å². The van der Waals surface area contributed by atoms with Crippen LogP contribution in [0.2, 0.25) is 5.02 Å². The summed E-state index contributed by atoms with van der Waals surface area (Å²) in [6.45, 7) is 0. The molecule has 1 aromatic heterocycles. The number of H-pyrrole nitrogens is 1. The average molecular weight is 320 g/mol. The normalized spacial score (nSPS) is 11.7. The fourth-order valence-electron chi connectivity index (χ4n) is 2.14. The molecule has 0 radical (unpaired) electrons. The van der Waals surface area contributed by atoms with Crippen LogP contribution in [-0.2, 0) is 9.84 Å². The van der Waals surface area contributed by atoms with Crippen LogP contribution in [0.25, 0.3) is 10.9 Å². The standard InChI is InChI=1S/C15H10ClNO3S/c16-13-11-8-4-5-9-12(11)17-15(18)14(13)21(19,20)10-6-2-1-3-7-10/h1-9H,(H,17,18). The SMILES string of the molecule is O=c1[nH]c2ccccc2c(Cl)c1S(=O)(=O)c1ccccc1. The Labute approximate surface area is 125 Å². The van der Waals surface area contributed by atoms with E-state index in [9.17, 15) is 13.2 Å². The molecule has 3 aromatic rings. The lowest BCUT2D eigenvalue weighted by atomic mass is 10.2. The lowest BCUT2D eigenvalue weighted by Gasteiger charge is -2.08. The molecule has 0 spiro atoms. The highest BCUT2D eigenvalue weighted by Crippen LogP contribution is 2.29. The second-order valence-corrected chi connectivity index (χ2v) is 6.72. The van der Waals surface area contributed by atoms with Crippen LogP contribution in [0.4, 0.5) is 0 Å². The van der Waals surface area contributed by atoms with Gasteiger partial charge in [-0.1, -0.05) is 48.0 Å². The first kappa shape index (κ1) is 13.9. The number of halogens is 1. The molecule has 1 N–H and O–H groups in total. The molecule has 0 aliphatic rings. The average Bonchev–Trinajstić information content (AvgIpc) is 2.48. The number of rotatable bonds is 2.